The summed E-state index contributed by atoms with van der Waals surface area (Å²) in [5.41, 5.74) is 6.65. The van der Waals surface area contributed by atoms with Crippen LogP contribution in [-0.4, -0.2) is 177 Å². The molecular formula is C44H62N10O14. The van der Waals surface area contributed by atoms with Crippen LogP contribution in [0.4, 0.5) is 0 Å². The van der Waals surface area contributed by atoms with Crippen molar-refractivity contribution < 1.29 is 68.7 Å². The van der Waals surface area contributed by atoms with E-state index in [0.29, 0.717) is 30.4 Å². The van der Waals surface area contributed by atoms with Gasteiger partial charge in [-0.2, -0.15) is 0 Å². The molecule has 24 heteroatoms. The number of carbonyl (C=O) groups is 9. The predicted molar refractivity (Wildman–Crippen MR) is 239 cm³/mol. The maximum atomic E-state index is 14.4. The van der Waals surface area contributed by atoms with Crippen molar-refractivity contribution in [2.45, 2.75) is 106 Å². The van der Waals surface area contributed by atoms with Crippen molar-refractivity contribution in [1.82, 2.24) is 47.4 Å². The van der Waals surface area contributed by atoms with E-state index in [0.717, 1.165) is 0 Å². The molecule has 15 N–H and O–H groups in total. The van der Waals surface area contributed by atoms with Gasteiger partial charge < -0.3 is 78.7 Å². The van der Waals surface area contributed by atoms with Crippen LogP contribution in [0, 0.1) is 0 Å². The van der Waals surface area contributed by atoms with Crippen molar-refractivity contribution >= 4 is 53.2 Å². The largest absolute Gasteiger partial charge is 0.508 e. The Morgan fingerprint density at radius 3 is 1.47 bits per heavy atom. The lowest BCUT2D eigenvalue weighted by Crippen LogP contribution is -2.61. The van der Waals surface area contributed by atoms with E-state index in [1.165, 1.54) is 36.1 Å². The normalized spacial score (nSPS) is 26.7. The SMILES string of the molecule is C[C@@H]1NC(=O)[C@H](CO)NC(=O)[C@H](Cc2ccc(O)cc2)NC(=O)[C@H](CO)NC(=O)[C@H](CO)NC(=O)[C@H](CCCCN)NC(=O)[C@@H]2CCCN2C(=O)[C@H](Cc2ccccc2)NC(=O)[C@H](CO)NC1=O. The molecule has 0 saturated carbocycles. The number of fused-ring (bicyclic) bond motifs is 1. The Labute approximate surface area is 391 Å². The van der Waals surface area contributed by atoms with Crippen LogP contribution in [0.25, 0.3) is 0 Å². The number of nitrogens with zero attached hydrogens (tertiary/aromatic N) is 1. The Morgan fingerprint density at radius 2 is 0.941 bits per heavy atom. The number of unbranched alkanes of at least 4 members (excludes halogenated alkanes) is 1. The summed E-state index contributed by atoms with van der Waals surface area (Å²) in [6.07, 6.45) is 0.851. The summed E-state index contributed by atoms with van der Waals surface area (Å²) in [5.74, 6) is -8.99. The van der Waals surface area contributed by atoms with Crippen LogP contribution < -0.4 is 48.3 Å². The molecule has 9 amide bonds. The fourth-order valence-electron chi connectivity index (χ4n) is 7.47. The van der Waals surface area contributed by atoms with E-state index in [4.69, 9.17) is 5.73 Å². The van der Waals surface area contributed by atoms with E-state index >= 15 is 0 Å². The summed E-state index contributed by atoms with van der Waals surface area (Å²) in [6.45, 7) is -2.56. The molecule has 24 nitrogen and oxygen atoms in total. The molecule has 0 spiro atoms. The van der Waals surface area contributed by atoms with Crippen LogP contribution in [0.1, 0.15) is 50.2 Å². The third kappa shape index (κ3) is 15.4. The maximum Gasteiger partial charge on any atom is 0.246 e. The van der Waals surface area contributed by atoms with Crippen molar-refractivity contribution in [1.29, 1.82) is 0 Å². The second-order valence-corrected chi connectivity index (χ2v) is 16.4. The van der Waals surface area contributed by atoms with E-state index in [1.807, 2.05) is 0 Å². The van der Waals surface area contributed by atoms with E-state index in [-0.39, 0.29) is 44.5 Å². The number of carbonyl (C=O) groups excluding carboxylic acids is 9. The number of aliphatic hydroxyl groups is 4. The highest BCUT2D eigenvalue weighted by molar-refractivity contribution is 5.99. The van der Waals surface area contributed by atoms with Gasteiger partial charge in [-0.15, -0.1) is 0 Å². The number of hydrogen-bond acceptors (Lipinski definition) is 15. The minimum absolute atomic E-state index is 0.000801. The Kier molecular flexibility index (Phi) is 21.1. The second-order valence-electron chi connectivity index (χ2n) is 16.4. The highest BCUT2D eigenvalue weighted by atomic mass is 16.3. The summed E-state index contributed by atoms with van der Waals surface area (Å²) in [7, 11) is 0. The van der Waals surface area contributed by atoms with E-state index in [9.17, 15) is 68.7 Å². The van der Waals surface area contributed by atoms with Crippen LogP contribution in [0.15, 0.2) is 54.6 Å². The van der Waals surface area contributed by atoms with Crippen LogP contribution in [-0.2, 0) is 56.0 Å². The Balaban J connectivity index is 1.72. The molecule has 2 aromatic carbocycles. The topological polar surface area (TPSA) is 380 Å². The number of rotatable bonds is 12. The average molecular weight is 955 g/mol. The third-order valence-corrected chi connectivity index (χ3v) is 11.3. The van der Waals surface area contributed by atoms with Gasteiger partial charge in [-0.05, 0) is 68.8 Å². The van der Waals surface area contributed by atoms with Gasteiger partial charge in [-0.3, -0.25) is 43.2 Å². The monoisotopic (exact) mass is 954 g/mol. The molecule has 0 radical (unpaired) electrons. The van der Waals surface area contributed by atoms with E-state index in [1.54, 1.807) is 30.3 Å². The zero-order valence-corrected chi connectivity index (χ0v) is 37.5. The first-order chi connectivity index (χ1) is 32.5. The minimum Gasteiger partial charge on any atom is -0.508 e. The lowest BCUT2D eigenvalue weighted by Gasteiger charge is -2.31. The standard InChI is InChI=1S/C44H62N10O14/c1-24-36(60)50-32(21-56)41(65)49-30(19-25-8-3-2-4-9-25)44(68)54-17-7-11-35(54)43(67)47-28(10-5-6-16-45)37(61)51-34(23-58)42(66)53-33(22-57)40(64)48-29(18-26-12-14-27(59)15-13-26)38(62)52-31(20-55)39(63)46-24/h2-4,8-9,12-15,24,28-35,55-59H,5-7,10-11,16-23,45H2,1H3,(H,46,63)(H,47,67)(H,48,64)(H,49,65)(H,50,60)(H,51,61)(H,52,62)(H,53,66)/t24-,28-,29-,30-,31-,32-,33-,34-,35-/m0/s1. The van der Waals surface area contributed by atoms with Crippen LogP contribution in [0.2, 0.25) is 0 Å². The minimum atomic E-state index is -1.80. The number of benzene rings is 2. The molecular weight excluding hydrogens is 893 g/mol. The number of nitrogens with one attached hydrogen (secondary N) is 8. The molecule has 2 aliphatic heterocycles. The van der Waals surface area contributed by atoms with Gasteiger partial charge >= 0.3 is 0 Å². The molecule has 2 fully saturated rings. The molecule has 372 valence electrons. The zero-order valence-electron chi connectivity index (χ0n) is 37.5. The Hall–Kier alpha value is -6.73. The number of phenolic OH excluding ortho intramolecular Hbond substituents is 1. The smallest absolute Gasteiger partial charge is 0.246 e. The quantitative estimate of drug-likeness (QED) is 0.0882. The highest BCUT2D eigenvalue weighted by Crippen LogP contribution is 2.21. The Morgan fingerprint density at radius 1 is 0.515 bits per heavy atom. The summed E-state index contributed by atoms with van der Waals surface area (Å²) in [6, 6.07) is 0.0766. The summed E-state index contributed by atoms with van der Waals surface area (Å²) < 4.78 is 0. The number of hydrogen-bond donors (Lipinski definition) is 14. The van der Waals surface area contributed by atoms with Gasteiger partial charge in [-0.25, -0.2) is 0 Å². The molecule has 0 aliphatic carbocycles. The first kappa shape index (κ1) is 53.9. The number of nitrogens with two attached hydrogens (primary N) is 1. The maximum absolute atomic E-state index is 14.4. The van der Waals surface area contributed by atoms with E-state index in [2.05, 4.69) is 42.5 Å². The third-order valence-electron chi connectivity index (χ3n) is 11.3. The summed E-state index contributed by atoms with van der Waals surface area (Å²) >= 11 is 0. The number of aliphatic hydroxyl groups excluding tert-OH is 4. The molecule has 0 aromatic heterocycles. The molecule has 68 heavy (non-hydrogen) atoms. The van der Waals surface area contributed by atoms with Gasteiger partial charge in [-0.1, -0.05) is 42.5 Å². The van der Waals surface area contributed by atoms with Gasteiger partial charge in [0.15, 0.2) is 0 Å². The van der Waals surface area contributed by atoms with Gasteiger partial charge in [0.25, 0.3) is 0 Å². The van der Waals surface area contributed by atoms with Crippen molar-refractivity contribution in [3.8, 4) is 5.75 Å². The molecule has 4 rings (SSSR count). The number of aromatic hydroxyl groups is 1. The average Bonchev–Trinajstić information content (AvgIpc) is 3.83. The van der Waals surface area contributed by atoms with Gasteiger partial charge in [0.1, 0.15) is 60.1 Å². The molecule has 0 unspecified atom stereocenters. The van der Waals surface area contributed by atoms with Gasteiger partial charge in [0.2, 0.25) is 53.2 Å². The van der Waals surface area contributed by atoms with Crippen LogP contribution in [0.5, 0.6) is 5.75 Å². The highest BCUT2D eigenvalue weighted by Gasteiger charge is 2.40. The predicted octanol–water partition coefficient (Wildman–Crippen LogP) is -5.82. The fourth-order valence-corrected chi connectivity index (χ4v) is 7.47. The number of amides is 9. The molecule has 2 aliphatic rings. The van der Waals surface area contributed by atoms with E-state index < -0.39 is 134 Å². The van der Waals surface area contributed by atoms with Crippen LogP contribution >= 0.6 is 0 Å². The first-order valence-electron chi connectivity index (χ1n) is 22.2. The second kappa shape index (κ2) is 26.6. The fraction of sp³-hybridized carbons (Fsp3) is 0.523. The molecule has 0 bridgehead atoms. The Bertz CT molecular complexity index is 2080. The van der Waals surface area contributed by atoms with Gasteiger partial charge in [0.05, 0.1) is 26.4 Å². The summed E-state index contributed by atoms with van der Waals surface area (Å²) in [4.78, 5) is 125. The first-order valence-corrected chi connectivity index (χ1v) is 22.2. The number of phenols is 1. The van der Waals surface area contributed by atoms with Crippen molar-refractivity contribution in [2.24, 2.45) is 5.73 Å². The van der Waals surface area contributed by atoms with Crippen molar-refractivity contribution in [2.75, 3.05) is 39.5 Å². The lowest BCUT2D eigenvalue weighted by atomic mass is 10.0. The van der Waals surface area contributed by atoms with Crippen molar-refractivity contribution in [3.05, 3.63) is 65.7 Å². The lowest BCUT2D eigenvalue weighted by molar-refractivity contribution is -0.142. The van der Waals surface area contributed by atoms with Crippen molar-refractivity contribution in [3.63, 3.8) is 0 Å². The van der Waals surface area contributed by atoms with Gasteiger partial charge in [0, 0.05) is 19.4 Å². The zero-order chi connectivity index (χ0) is 49.9. The van der Waals surface area contributed by atoms with Crippen LogP contribution in [0.3, 0.4) is 0 Å². The summed E-state index contributed by atoms with van der Waals surface area (Å²) in [5, 5.41) is 69.7. The molecule has 2 saturated heterocycles. The molecule has 2 heterocycles. The molecule has 2 aromatic rings. The molecule has 9 atom stereocenters.